The summed E-state index contributed by atoms with van der Waals surface area (Å²) in [5.41, 5.74) is 0.119. The Hall–Kier alpha value is -0.520. The number of halogens is 3. The van der Waals surface area contributed by atoms with Gasteiger partial charge >= 0.3 is 0 Å². The third-order valence-electron chi connectivity index (χ3n) is 2.85. The average molecular weight is 306 g/mol. The zero-order valence-electron chi connectivity index (χ0n) is 9.55. The number of hydrogen-bond acceptors (Lipinski definition) is 2. The van der Waals surface area contributed by atoms with E-state index in [9.17, 15) is 8.78 Å². The first kappa shape index (κ1) is 12.9. The molecule has 0 spiro atoms. The maximum absolute atomic E-state index is 13.8. The highest BCUT2D eigenvalue weighted by Gasteiger charge is 2.20. The minimum Gasteiger partial charge on any atom is -0.376 e. The molecular weight excluding hydrogens is 292 g/mol. The molecule has 1 aromatic rings. The Kier molecular flexibility index (Phi) is 4.12. The molecule has 94 valence electrons. The highest BCUT2D eigenvalue weighted by molar-refractivity contribution is 9.10. The number of morpholine rings is 1. The summed E-state index contributed by atoms with van der Waals surface area (Å²) in [5, 5.41) is 0. The smallest absolute Gasteiger partial charge is 0.144 e. The van der Waals surface area contributed by atoms with E-state index in [0.29, 0.717) is 24.2 Å². The first-order valence-electron chi connectivity index (χ1n) is 5.54. The monoisotopic (exact) mass is 305 g/mol. The molecule has 2 nitrogen and oxygen atoms in total. The van der Waals surface area contributed by atoms with Crippen LogP contribution in [0.4, 0.5) is 8.78 Å². The lowest BCUT2D eigenvalue weighted by atomic mass is 10.1. The molecule has 1 aromatic carbocycles. The predicted molar refractivity (Wildman–Crippen MR) is 64.7 cm³/mol. The first-order chi connectivity index (χ1) is 8.08. The predicted octanol–water partition coefficient (Wildman–Crippen LogP) is 2.95. The van der Waals surface area contributed by atoms with Gasteiger partial charge in [0.15, 0.2) is 0 Å². The van der Waals surface area contributed by atoms with Crippen molar-refractivity contribution in [1.29, 1.82) is 0 Å². The van der Waals surface area contributed by atoms with E-state index in [2.05, 4.69) is 15.9 Å². The maximum atomic E-state index is 13.8. The number of hydrogen-bond donors (Lipinski definition) is 0. The molecule has 0 amide bonds. The van der Waals surface area contributed by atoms with Crippen LogP contribution in [0.1, 0.15) is 12.5 Å². The molecule has 17 heavy (non-hydrogen) atoms. The Labute approximate surface area is 108 Å². The van der Waals surface area contributed by atoms with Crippen LogP contribution in [0.15, 0.2) is 16.6 Å². The van der Waals surface area contributed by atoms with Gasteiger partial charge in [-0.05, 0) is 35.0 Å². The molecule has 0 aromatic heterocycles. The molecule has 0 bridgehead atoms. The van der Waals surface area contributed by atoms with Crippen molar-refractivity contribution in [2.45, 2.75) is 19.6 Å². The van der Waals surface area contributed by atoms with Crippen molar-refractivity contribution in [2.24, 2.45) is 0 Å². The molecule has 1 fully saturated rings. The standard InChI is InChI=1S/C12H14BrF2NO/c1-8-6-16(4-5-17-8)7-9-11(14)3-2-10(13)12(9)15/h2-3,8H,4-7H2,1H3/t8-/m1/s1. The molecule has 1 saturated heterocycles. The molecule has 0 saturated carbocycles. The van der Waals surface area contributed by atoms with Crippen molar-refractivity contribution in [2.75, 3.05) is 19.7 Å². The van der Waals surface area contributed by atoms with E-state index in [0.717, 1.165) is 0 Å². The van der Waals surface area contributed by atoms with Crippen LogP contribution < -0.4 is 0 Å². The second-order valence-electron chi connectivity index (χ2n) is 4.24. The van der Waals surface area contributed by atoms with E-state index in [1.165, 1.54) is 12.1 Å². The van der Waals surface area contributed by atoms with Crippen LogP contribution in [0.5, 0.6) is 0 Å². The highest BCUT2D eigenvalue weighted by Crippen LogP contribution is 2.23. The van der Waals surface area contributed by atoms with Gasteiger partial charge in [0.25, 0.3) is 0 Å². The lowest BCUT2D eigenvalue weighted by molar-refractivity contribution is -0.0218. The van der Waals surface area contributed by atoms with E-state index in [4.69, 9.17) is 4.74 Å². The van der Waals surface area contributed by atoms with Crippen molar-refractivity contribution in [3.05, 3.63) is 33.8 Å². The van der Waals surface area contributed by atoms with Crippen LogP contribution in [-0.2, 0) is 11.3 Å². The number of benzene rings is 1. The van der Waals surface area contributed by atoms with Gasteiger partial charge in [0, 0.05) is 25.2 Å². The summed E-state index contributed by atoms with van der Waals surface area (Å²) in [4.78, 5) is 2.00. The van der Waals surface area contributed by atoms with E-state index in [1.54, 1.807) is 0 Å². The minimum atomic E-state index is -0.510. The Bertz CT molecular complexity index is 414. The summed E-state index contributed by atoms with van der Waals surface area (Å²) in [7, 11) is 0. The van der Waals surface area contributed by atoms with Gasteiger partial charge in [-0.1, -0.05) is 0 Å². The molecule has 0 unspecified atom stereocenters. The molecule has 0 N–H and O–H groups in total. The number of rotatable bonds is 2. The van der Waals surface area contributed by atoms with E-state index in [-0.39, 0.29) is 18.2 Å². The highest BCUT2D eigenvalue weighted by atomic mass is 79.9. The van der Waals surface area contributed by atoms with Crippen LogP contribution in [0.25, 0.3) is 0 Å². The molecule has 0 aliphatic carbocycles. The van der Waals surface area contributed by atoms with Gasteiger partial charge in [0.2, 0.25) is 0 Å². The maximum Gasteiger partial charge on any atom is 0.144 e. The van der Waals surface area contributed by atoms with Crippen LogP contribution in [0.2, 0.25) is 0 Å². The fourth-order valence-corrected chi connectivity index (χ4v) is 2.34. The zero-order chi connectivity index (χ0) is 12.4. The molecule has 1 heterocycles. The molecule has 1 aliphatic rings. The first-order valence-corrected chi connectivity index (χ1v) is 6.33. The van der Waals surface area contributed by atoms with Gasteiger partial charge in [-0.15, -0.1) is 0 Å². The summed E-state index contributed by atoms with van der Waals surface area (Å²) in [6, 6.07) is 2.67. The fraction of sp³-hybridized carbons (Fsp3) is 0.500. The summed E-state index contributed by atoms with van der Waals surface area (Å²) in [5.74, 6) is -1.01. The van der Waals surface area contributed by atoms with Gasteiger partial charge in [-0.25, -0.2) is 8.78 Å². The van der Waals surface area contributed by atoms with Crippen LogP contribution in [0, 0.1) is 11.6 Å². The van der Waals surface area contributed by atoms with Crippen LogP contribution in [-0.4, -0.2) is 30.7 Å². The number of ether oxygens (including phenoxy) is 1. The Balaban J connectivity index is 2.15. The normalized spacial score (nSPS) is 21.8. The minimum absolute atomic E-state index is 0.113. The topological polar surface area (TPSA) is 12.5 Å². The molecule has 5 heteroatoms. The van der Waals surface area contributed by atoms with Gasteiger partial charge in [0.1, 0.15) is 11.6 Å². The van der Waals surface area contributed by atoms with E-state index < -0.39 is 11.6 Å². The molecule has 2 rings (SSSR count). The van der Waals surface area contributed by atoms with Crippen LogP contribution in [0.3, 0.4) is 0 Å². The van der Waals surface area contributed by atoms with Gasteiger partial charge in [-0.3, -0.25) is 4.90 Å². The quantitative estimate of drug-likeness (QED) is 0.779. The Morgan fingerprint density at radius 1 is 1.47 bits per heavy atom. The van der Waals surface area contributed by atoms with Crippen LogP contribution >= 0.6 is 15.9 Å². The molecule has 0 radical (unpaired) electrons. The van der Waals surface area contributed by atoms with Gasteiger partial charge < -0.3 is 4.74 Å². The lowest BCUT2D eigenvalue weighted by Gasteiger charge is -2.31. The third kappa shape index (κ3) is 3.03. The summed E-state index contributed by atoms with van der Waals surface area (Å²) in [6.07, 6.45) is 0.113. The van der Waals surface area contributed by atoms with Gasteiger partial charge in [0.05, 0.1) is 17.2 Å². The lowest BCUT2D eigenvalue weighted by Crippen LogP contribution is -2.40. The van der Waals surface area contributed by atoms with Gasteiger partial charge in [-0.2, -0.15) is 0 Å². The number of nitrogens with zero attached hydrogens (tertiary/aromatic N) is 1. The Morgan fingerprint density at radius 3 is 2.94 bits per heavy atom. The summed E-state index contributed by atoms with van der Waals surface area (Å²) >= 11 is 3.07. The summed E-state index contributed by atoms with van der Waals surface area (Å²) in [6.45, 7) is 4.25. The second kappa shape index (κ2) is 5.42. The molecular formula is C12H14BrF2NO. The zero-order valence-corrected chi connectivity index (χ0v) is 11.1. The van der Waals surface area contributed by atoms with Crippen molar-refractivity contribution in [1.82, 2.24) is 4.90 Å². The SMILES string of the molecule is C[C@@H]1CN(Cc2c(F)ccc(Br)c2F)CCO1. The Morgan fingerprint density at radius 2 is 2.24 bits per heavy atom. The fourth-order valence-electron chi connectivity index (χ4n) is 1.97. The third-order valence-corrected chi connectivity index (χ3v) is 3.46. The van der Waals surface area contributed by atoms with Crippen molar-refractivity contribution >= 4 is 15.9 Å². The second-order valence-corrected chi connectivity index (χ2v) is 5.09. The van der Waals surface area contributed by atoms with Crippen molar-refractivity contribution < 1.29 is 13.5 Å². The molecule has 1 aliphatic heterocycles. The van der Waals surface area contributed by atoms with Crippen molar-refractivity contribution in [3.8, 4) is 0 Å². The summed E-state index contributed by atoms with van der Waals surface area (Å²) < 4.78 is 33.0. The van der Waals surface area contributed by atoms with E-state index >= 15 is 0 Å². The molecule has 1 atom stereocenters. The van der Waals surface area contributed by atoms with Crippen molar-refractivity contribution in [3.63, 3.8) is 0 Å². The largest absolute Gasteiger partial charge is 0.376 e. The average Bonchev–Trinajstić information content (AvgIpc) is 2.30. The van der Waals surface area contributed by atoms with E-state index in [1.807, 2.05) is 11.8 Å².